The van der Waals surface area contributed by atoms with Gasteiger partial charge in [0.2, 0.25) is 5.95 Å². The highest BCUT2D eigenvalue weighted by Gasteiger charge is 2.41. The minimum absolute atomic E-state index is 0.000430. The fraction of sp³-hybridized carbons (Fsp3) is 0.342. The fourth-order valence-corrected chi connectivity index (χ4v) is 9.66. The van der Waals surface area contributed by atoms with Crippen LogP contribution < -0.4 is 11.0 Å². The molecule has 0 spiro atoms. The van der Waals surface area contributed by atoms with Crippen LogP contribution >= 0.6 is 0 Å². The number of nitrogens with zero attached hydrogens (tertiary/aromatic N) is 8. The monoisotopic (exact) mass is 767 g/mol. The summed E-state index contributed by atoms with van der Waals surface area (Å²) in [6.07, 6.45) is 4.13. The lowest BCUT2D eigenvalue weighted by atomic mass is 9.98. The van der Waals surface area contributed by atoms with Gasteiger partial charge in [-0.2, -0.15) is 9.49 Å². The van der Waals surface area contributed by atoms with Crippen molar-refractivity contribution in [3.05, 3.63) is 83.6 Å². The zero-order valence-electron chi connectivity index (χ0n) is 30.7. The number of nitrogens with one attached hydrogen (secondary N) is 1. The maximum absolute atomic E-state index is 16.1. The highest BCUT2D eigenvalue weighted by molar-refractivity contribution is 7.90. The molecular weight excluding hydrogens is 730 g/mol. The van der Waals surface area contributed by atoms with E-state index in [1.165, 1.54) is 33.8 Å². The third-order valence-electron chi connectivity index (χ3n) is 10.4. The van der Waals surface area contributed by atoms with Crippen LogP contribution in [0, 0.1) is 5.95 Å². The molecule has 15 nitrogen and oxygen atoms in total. The number of rotatable bonds is 4. The summed E-state index contributed by atoms with van der Waals surface area (Å²) in [6, 6.07) is 12.4. The molecule has 5 aromatic heterocycles. The smallest absolute Gasteiger partial charge is 0.407 e. The van der Waals surface area contributed by atoms with E-state index in [9.17, 15) is 18.0 Å². The Hall–Kier alpha value is -5.81. The van der Waals surface area contributed by atoms with Crippen molar-refractivity contribution in [1.82, 2.24) is 43.0 Å². The van der Waals surface area contributed by atoms with Crippen LogP contribution in [0.25, 0.3) is 55.4 Å². The van der Waals surface area contributed by atoms with E-state index >= 15 is 4.39 Å². The fourth-order valence-electron chi connectivity index (χ4n) is 8.15. The first kappa shape index (κ1) is 34.9. The van der Waals surface area contributed by atoms with Crippen molar-refractivity contribution in [3.63, 3.8) is 0 Å². The summed E-state index contributed by atoms with van der Waals surface area (Å²) in [7, 11) is -1.28. The maximum Gasteiger partial charge on any atom is 0.407 e. The number of imidazole rings is 1. The molecule has 55 heavy (non-hydrogen) atoms. The number of alkyl carbamates (subject to hydrolysis) is 1. The number of halogens is 1. The highest BCUT2D eigenvalue weighted by atomic mass is 32.2. The molecule has 0 unspecified atom stereocenters. The summed E-state index contributed by atoms with van der Waals surface area (Å²) in [6.45, 7) is 6.00. The van der Waals surface area contributed by atoms with Gasteiger partial charge in [0.1, 0.15) is 5.60 Å². The number of aromatic nitrogens is 8. The van der Waals surface area contributed by atoms with Crippen molar-refractivity contribution in [2.45, 2.75) is 68.8 Å². The number of carbonyl (C=O) groups is 1. The molecule has 3 aliphatic rings. The van der Waals surface area contributed by atoms with Gasteiger partial charge in [0.15, 0.2) is 5.65 Å². The minimum atomic E-state index is -4.46. The van der Waals surface area contributed by atoms with Gasteiger partial charge in [0, 0.05) is 37.3 Å². The number of amides is 1. The summed E-state index contributed by atoms with van der Waals surface area (Å²) >= 11 is 0. The third kappa shape index (κ3) is 5.54. The molecule has 7 heterocycles. The molecule has 1 N–H and O–H groups in total. The second-order valence-electron chi connectivity index (χ2n) is 15.1. The molecule has 2 aliphatic heterocycles. The number of ether oxygens (including phenoxy) is 2. The number of aryl methyl sites for hydroxylation is 2. The van der Waals surface area contributed by atoms with Gasteiger partial charge < -0.3 is 14.8 Å². The normalized spacial score (nSPS) is 18.8. The molecular formula is C38H38FN9O6S. The first-order chi connectivity index (χ1) is 26.2. The maximum atomic E-state index is 16.1. The van der Waals surface area contributed by atoms with Crippen molar-refractivity contribution in [1.29, 1.82) is 0 Å². The van der Waals surface area contributed by atoms with Crippen molar-refractivity contribution in [3.8, 4) is 22.4 Å². The Kier molecular flexibility index (Phi) is 7.85. The molecule has 10 rings (SSSR count). The third-order valence-corrected chi connectivity index (χ3v) is 12.1. The van der Waals surface area contributed by atoms with Crippen LogP contribution in [-0.4, -0.2) is 76.5 Å². The number of pyridine rings is 1. The summed E-state index contributed by atoms with van der Waals surface area (Å²) in [5, 5.41) is 12.7. The van der Waals surface area contributed by atoms with Crippen LogP contribution in [0.2, 0.25) is 0 Å². The van der Waals surface area contributed by atoms with Gasteiger partial charge in [0.05, 0.1) is 75.8 Å². The van der Waals surface area contributed by atoms with Gasteiger partial charge in [-0.1, -0.05) is 24.3 Å². The minimum Gasteiger partial charge on any atom is -0.444 e. The standard InChI is InChI=1S/C38H38FN9O6S/c1-38(2,3)54-36(49)42-26-16-23-17-29(26)53-14-13-46-27-12-11-21(15-22(27)18-41-46)30-31-33-28(45(5)37(50)47(23)33)19-40-35(31)48(32(30)25-20-44(4)43-34(25)39)55(51,52)24-9-7-6-8-10-24/h6-12,15,18-20,23,26,29H,13-14,16-17H2,1-5H3,(H,42,49)/t23-,26-,29+/m0/s1. The molecule has 1 aliphatic carbocycles. The van der Waals surface area contributed by atoms with E-state index < -0.39 is 45.9 Å². The second-order valence-corrected chi connectivity index (χ2v) is 16.9. The van der Waals surface area contributed by atoms with Crippen molar-refractivity contribution >= 4 is 49.1 Å². The predicted octanol–water partition coefficient (Wildman–Crippen LogP) is 5.11. The van der Waals surface area contributed by atoms with Gasteiger partial charge in [0.25, 0.3) is 10.0 Å². The Morgan fingerprint density at radius 3 is 2.56 bits per heavy atom. The van der Waals surface area contributed by atoms with Crippen molar-refractivity contribution in [2.24, 2.45) is 14.1 Å². The summed E-state index contributed by atoms with van der Waals surface area (Å²) in [5.41, 5.74) is 1.35. The van der Waals surface area contributed by atoms with Crippen LogP contribution in [0.3, 0.4) is 0 Å². The summed E-state index contributed by atoms with van der Waals surface area (Å²) < 4.78 is 65.3. The van der Waals surface area contributed by atoms with E-state index in [-0.39, 0.29) is 34.1 Å². The SMILES string of the molecule is Cn1cc(-c2c3c4c(ncc5c4n(c(=O)n5C)[C@H]4C[C@H](NC(=O)OC(C)(C)C)[C@@H](C4)OCCn4ncc5cc-3ccc54)n2S(=O)(=O)c2ccccc2)c(F)n1. The topological polar surface area (TPSA) is 162 Å². The Bertz CT molecular complexity index is 2860. The summed E-state index contributed by atoms with van der Waals surface area (Å²) in [5.74, 6) is -0.885. The Labute approximate surface area is 313 Å². The molecule has 6 bridgehead atoms. The molecule has 0 saturated heterocycles. The van der Waals surface area contributed by atoms with E-state index in [4.69, 9.17) is 14.5 Å². The lowest BCUT2D eigenvalue weighted by Gasteiger charge is -2.24. The zero-order chi connectivity index (χ0) is 38.6. The largest absolute Gasteiger partial charge is 0.444 e. The predicted molar refractivity (Wildman–Crippen MR) is 202 cm³/mol. The van der Waals surface area contributed by atoms with Gasteiger partial charge in [-0.15, -0.1) is 5.10 Å². The molecule has 7 aromatic rings. The van der Waals surface area contributed by atoms with Crippen LogP contribution in [0.5, 0.6) is 0 Å². The number of hydrogen-bond donors (Lipinski definition) is 1. The van der Waals surface area contributed by atoms with Crippen LogP contribution in [0.15, 0.2) is 76.8 Å². The first-order valence-corrected chi connectivity index (χ1v) is 19.4. The van der Waals surface area contributed by atoms with E-state index in [0.29, 0.717) is 46.9 Å². The molecule has 1 fully saturated rings. The van der Waals surface area contributed by atoms with E-state index in [2.05, 4.69) is 15.5 Å². The molecule has 2 aromatic carbocycles. The lowest BCUT2D eigenvalue weighted by Crippen LogP contribution is -2.44. The number of benzene rings is 2. The Balaban J connectivity index is 1.41. The van der Waals surface area contributed by atoms with E-state index in [1.54, 1.807) is 63.8 Å². The number of hydrogen-bond acceptors (Lipinski definition) is 9. The second kappa shape index (κ2) is 12.4. The number of carbonyl (C=O) groups excluding carboxylic acids is 1. The lowest BCUT2D eigenvalue weighted by molar-refractivity contribution is 0.0202. The van der Waals surface area contributed by atoms with E-state index in [0.717, 1.165) is 14.9 Å². The molecule has 17 heteroatoms. The van der Waals surface area contributed by atoms with Gasteiger partial charge in [-0.25, -0.2) is 27.0 Å². The van der Waals surface area contributed by atoms with Crippen LogP contribution in [0.4, 0.5) is 9.18 Å². The van der Waals surface area contributed by atoms with Crippen LogP contribution in [0.1, 0.15) is 39.7 Å². The molecule has 1 amide bonds. The molecule has 284 valence electrons. The van der Waals surface area contributed by atoms with Crippen molar-refractivity contribution < 1.29 is 27.1 Å². The van der Waals surface area contributed by atoms with Crippen molar-refractivity contribution in [2.75, 3.05) is 6.61 Å². The molecule has 0 radical (unpaired) electrons. The molecule has 1 saturated carbocycles. The van der Waals surface area contributed by atoms with Gasteiger partial charge >= 0.3 is 11.8 Å². The zero-order valence-corrected chi connectivity index (χ0v) is 31.5. The number of fused-ring (bicyclic) bond motifs is 3. The highest BCUT2D eigenvalue weighted by Crippen LogP contribution is 2.47. The van der Waals surface area contributed by atoms with E-state index in [1.807, 2.05) is 22.9 Å². The Morgan fingerprint density at radius 2 is 1.84 bits per heavy atom. The first-order valence-electron chi connectivity index (χ1n) is 17.9. The van der Waals surface area contributed by atoms with Gasteiger partial charge in [-0.05, 0) is 63.4 Å². The van der Waals surface area contributed by atoms with Crippen LogP contribution in [-0.2, 0) is 40.1 Å². The molecule has 3 atom stereocenters. The average Bonchev–Trinajstić information content (AvgIpc) is 3.93. The van der Waals surface area contributed by atoms with Gasteiger partial charge in [-0.3, -0.25) is 18.5 Å². The average molecular weight is 768 g/mol. The summed E-state index contributed by atoms with van der Waals surface area (Å²) in [4.78, 5) is 32.3. The Morgan fingerprint density at radius 1 is 1.05 bits per heavy atom. The quantitative estimate of drug-likeness (QED) is 0.257.